The lowest BCUT2D eigenvalue weighted by molar-refractivity contribution is -0.122. The summed E-state index contributed by atoms with van der Waals surface area (Å²) in [6, 6.07) is 9.13. The Bertz CT molecular complexity index is 606. The predicted octanol–water partition coefficient (Wildman–Crippen LogP) is 0.611. The van der Waals surface area contributed by atoms with Gasteiger partial charge in [-0.05, 0) is 33.5 Å². The molecule has 1 aromatic carbocycles. The zero-order valence-electron chi connectivity index (χ0n) is 16.0. The molecule has 26 heavy (non-hydrogen) atoms. The highest BCUT2D eigenvalue weighted by Gasteiger charge is 2.51. The summed E-state index contributed by atoms with van der Waals surface area (Å²) in [5.74, 6) is -0.0998. The van der Waals surface area contributed by atoms with E-state index in [1.807, 2.05) is 58.3 Å². The highest BCUT2D eigenvalue weighted by atomic mass is 16.3. The van der Waals surface area contributed by atoms with E-state index in [4.69, 9.17) is 0 Å². The van der Waals surface area contributed by atoms with Crippen molar-refractivity contribution in [1.29, 1.82) is 0 Å². The third kappa shape index (κ3) is 4.74. The van der Waals surface area contributed by atoms with Crippen molar-refractivity contribution in [1.82, 2.24) is 20.4 Å². The average Bonchev–Trinajstić information content (AvgIpc) is 2.53. The monoisotopic (exact) mass is 362 g/mol. The summed E-state index contributed by atoms with van der Waals surface area (Å²) in [4.78, 5) is 28.1. The van der Waals surface area contributed by atoms with E-state index in [1.165, 1.54) is 0 Å². The smallest absolute Gasteiger partial charge is 0.318 e. The second kappa shape index (κ2) is 9.00. The summed E-state index contributed by atoms with van der Waals surface area (Å²) in [7, 11) is 3.67. The Kier molecular flexibility index (Phi) is 6.99. The highest BCUT2D eigenvalue weighted by molar-refractivity contribution is 5.79. The molecule has 2 rings (SSSR count). The lowest BCUT2D eigenvalue weighted by Gasteiger charge is -2.54. The minimum atomic E-state index is -0.299. The molecule has 1 aliphatic rings. The van der Waals surface area contributed by atoms with Crippen LogP contribution in [-0.4, -0.2) is 78.8 Å². The summed E-state index contributed by atoms with van der Waals surface area (Å²) in [5, 5.41) is 15.7. The molecule has 144 valence electrons. The van der Waals surface area contributed by atoms with E-state index in [9.17, 15) is 14.7 Å². The molecule has 0 spiro atoms. The van der Waals surface area contributed by atoms with Crippen LogP contribution in [0, 0.1) is 0 Å². The molecule has 7 nitrogen and oxygen atoms in total. The largest absolute Gasteiger partial charge is 0.394 e. The molecule has 0 saturated carbocycles. The molecular weight excluding hydrogens is 332 g/mol. The molecule has 0 bridgehead atoms. The van der Waals surface area contributed by atoms with Gasteiger partial charge in [-0.25, -0.2) is 4.79 Å². The van der Waals surface area contributed by atoms with E-state index in [2.05, 4.69) is 10.6 Å². The fourth-order valence-electron chi connectivity index (χ4n) is 3.48. The molecule has 1 aromatic rings. The van der Waals surface area contributed by atoms with Crippen molar-refractivity contribution in [2.24, 2.45) is 0 Å². The van der Waals surface area contributed by atoms with E-state index in [0.29, 0.717) is 13.1 Å². The fourth-order valence-corrected chi connectivity index (χ4v) is 3.48. The van der Waals surface area contributed by atoms with E-state index in [0.717, 1.165) is 5.56 Å². The second-order valence-corrected chi connectivity index (χ2v) is 7.31. The number of amides is 3. The average molecular weight is 362 g/mol. The summed E-state index contributed by atoms with van der Waals surface area (Å²) in [6.07, 6.45) is 0. The first-order chi connectivity index (χ1) is 12.3. The number of aliphatic hydroxyl groups is 1. The summed E-state index contributed by atoms with van der Waals surface area (Å²) >= 11 is 0. The molecule has 0 aromatic heterocycles. The minimum Gasteiger partial charge on any atom is -0.394 e. The number of carbonyl (C=O) groups is 2. The van der Waals surface area contributed by atoms with Gasteiger partial charge in [-0.1, -0.05) is 30.3 Å². The molecule has 1 heterocycles. The number of hydrogen-bond acceptors (Lipinski definition) is 4. The molecule has 7 heteroatoms. The maximum atomic E-state index is 12.6. The van der Waals surface area contributed by atoms with Gasteiger partial charge >= 0.3 is 6.03 Å². The normalized spacial score (nSPS) is 22.3. The Balaban J connectivity index is 2.17. The minimum absolute atomic E-state index is 0.00148. The molecule has 0 radical (unpaired) electrons. The SMILES string of the molecule is CC(C)NC(=O)N1[C@H](CO)[C@H](c2ccccc2)[C@@H]1CNC(=O)CN(C)C. The van der Waals surface area contributed by atoms with Crippen molar-refractivity contribution >= 4 is 11.9 Å². The van der Waals surface area contributed by atoms with Crippen LogP contribution in [0.15, 0.2) is 30.3 Å². The van der Waals surface area contributed by atoms with Crippen LogP contribution in [0.3, 0.4) is 0 Å². The van der Waals surface area contributed by atoms with Gasteiger partial charge in [0.15, 0.2) is 0 Å². The first-order valence-electron chi connectivity index (χ1n) is 9.01. The number of carbonyl (C=O) groups excluding carboxylic acids is 2. The van der Waals surface area contributed by atoms with E-state index < -0.39 is 0 Å². The van der Waals surface area contributed by atoms with Crippen molar-refractivity contribution in [3.8, 4) is 0 Å². The number of rotatable bonds is 7. The van der Waals surface area contributed by atoms with Crippen LogP contribution in [0.5, 0.6) is 0 Å². The lowest BCUT2D eigenvalue weighted by Crippen LogP contribution is -2.70. The number of likely N-dealkylation sites (N-methyl/N-ethyl adjacent to an activating group) is 1. The van der Waals surface area contributed by atoms with Gasteiger partial charge in [0, 0.05) is 18.5 Å². The third-order valence-electron chi connectivity index (χ3n) is 4.53. The number of nitrogens with one attached hydrogen (secondary N) is 2. The fraction of sp³-hybridized carbons (Fsp3) is 0.579. The molecule has 0 unspecified atom stereocenters. The number of nitrogens with zero attached hydrogens (tertiary/aromatic N) is 2. The summed E-state index contributed by atoms with van der Waals surface area (Å²) < 4.78 is 0. The Morgan fingerprint density at radius 3 is 2.38 bits per heavy atom. The number of aliphatic hydroxyl groups excluding tert-OH is 1. The van der Waals surface area contributed by atoms with Crippen LogP contribution >= 0.6 is 0 Å². The van der Waals surface area contributed by atoms with Gasteiger partial charge < -0.3 is 25.5 Å². The lowest BCUT2D eigenvalue weighted by atomic mass is 9.75. The van der Waals surface area contributed by atoms with Gasteiger partial charge in [0.1, 0.15) is 0 Å². The number of likely N-dealkylation sites (tertiary alicyclic amines) is 1. The van der Waals surface area contributed by atoms with Crippen molar-refractivity contribution in [3.05, 3.63) is 35.9 Å². The zero-order valence-corrected chi connectivity index (χ0v) is 16.0. The van der Waals surface area contributed by atoms with Gasteiger partial charge in [0.25, 0.3) is 0 Å². The van der Waals surface area contributed by atoms with Crippen LogP contribution in [-0.2, 0) is 4.79 Å². The van der Waals surface area contributed by atoms with Gasteiger partial charge in [0.05, 0.1) is 25.2 Å². The standard InChI is InChI=1S/C19H30N4O3/c1-13(2)21-19(26)23-15(10-20-17(25)11-22(3)4)18(16(23)12-24)14-8-6-5-7-9-14/h5-9,13,15-16,18,24H,10-12H2,1-4H3,(H,20,25)(H,21,26)/t15-,16+,18+/m0/s1. The predicted molar refractivity (Wildman–Crippen MR) is 101 cm³/mol. The molecule has 3 amide bonds. The topological polar surface area (TPSA) is 84.9 Å². The molecular formula is C19H30N4O3. The third-order valence-corrected chi connectivity index (χ3v) is 4.53. The van der Waals surface area contributed by atoms with Crippen molar-refractivity contribution in [3.63, 3.8) is 0 Å². The van der Waals surface area contributed by atoms with Crippen molar-refractivity contribution in [2.45, 2.75) is 37.9 Å². The molecule has 1 fully saturated rings. The first-order valence-corrected chi connectivity index (χ1v) is 9.01. The molecule has 3 atom stereocenters. The van der Waals surface area contributed by atoms with Gasteiger partial charge in [0.2, 0.25) is 5.91 Å². The first kappa shape index (κ1) is 20.2. The van der Waals surface area contributed by atoms with Crippen molar-refractivity contribution < 1.29 is 14.7 Å². The van der Waals surface area contributed by atoms with Crippen LogP contribution in [0.2, 0.25) is 0 Å². The quantitative estimate of drug-likeness (QED) is 0.664. The summed E-state index contributed by atoms with van der Waals surface area (Å²) in [5.41, 5.74) is 1.06. The van der Waals surface area contributed by atoms with Gasteiger partial charge in [-0.3, -0.25) is 4.79 Å². The Morgan fingerprint density at radius 1 is 1.19 bits per heavy atom. The van der Waals surface area contributed by atoms with Crippen LogP contribution in [0.1, 0.15) is 25.3 Å². The molecule has 1 aliphatic heterocycles. The van der Waals surface area contributed by atoms with E-state index >= 15 is 0 Å². The summed E-state index contributed by atoms with van der Waals surface area (Å²) in [6.45, 7) is 4.33. The molecule has 3 N–H and O–H groups in total. The van der Waals surface area contributed by atoms with E-state index in [-0.39, 0.29) is 42.6 Å². The maximum absolute atomic E-state index is 12.6. The zero-order chi connectivity index (χ0) is 19.3. The Labute approximate surface area is 155 Å². The van der Waals surface area contributed by atoms with Crippen molar-refractivity contribution in [2.75, 3.05) is 33.8 Å². The number of hydrogen-bond donors (Lipinski definition) is 3. The number of benzene rings is 1. The molecule has 0 aliphatic carbocycles. The maximum Gasteiger partial charge on any atom is 0.318 e. The Morgan fingerprint density at radius 2 is 1.85 bits per heavy atom. The molecule has 1 saturated heterocycles. The Hall–Kier alpha value is -2.12. The van der Waals surface area contributed by atoms with Crippen LogP contribution < -0.4 is 10.6 Å². The van der Waals surface area contributed by atoms with Gasteiger partial charge in [-0.15, -0.1) is 0 Å². The highest BCUT2D eigenvalue weighted by Crippen LogP contribution is 2.40. The number of urea groups is 1. The van der Waals surface area contributed by atoms with E-state index in [1.54, 1.807) is 9.80 Å². The second-order valence-electron chi connectivity index (χ2n) is 7.31. The van der Waals surface area contributed by atoms with Crippen LogP contribution in [0.25, 0.3) is 0 Å². The van der Waals surface area contributed by atoms with Crippen LogP contribution in [0.4, 0.5) is 4.79 Å². The van der Waals surface area contributed by atoms with Gasteiger partial charge in [-0.2, -0.15) is 0 Å².